The van der Waals surface area contributed by atoms with Crippen LogP contribution in [-0.4, -0.2) is 52.3 Å². The predicted octanol–water partition coefficient (Wildman–Crippen LogP) is -1.63. The standard InChI is InChI=1S/C14H16N10O4/c15-13-19-9-7(11(25)21-13)17-3-23(9)5-27-1-2-28-6-24-4-18-8-10(24)20-14(16)22-12(8)26/h3-4H,1-2,5-6H2,(H3,15,19,21,25)(H3,16,20,22,26). The van der Waals surface area contributed by atoms with Crippen molar-refractivity contribution in [1.82, 2.24) is 39.0 Å². The molecule has 0 saturated carbocycles. The minimum atomic E-state index is -0.412. The zero-order valence-corrected chi connectivity index (χ0v) is 14.5. The molecule has 146 valence electrons. The summed E-state index contributed by atoms with van der Waals surface area (Å²) in [7, 11) is 0. The molecular weight excluding hydrogens is 372 g/mol. The molecule has 4 aromatic heterocycles. The molecule has 0 aromatic carbocycles. The zero-order valence-electron chi connectivity index (χ0n) is 14.5. The van der Waals surface area contributed by atoms with Crippen molar-refractivity contribution < 1.29 is 9.47 Å². The van der Waals surface area contributed by atoms with Gasteiger partial charge in [0.25, 0.3) is 11.1 Å². The number of aromatic amines is 2. The Balaban J connectivity index is 1.30. The van der Waals surface area contributed by atoms with Gasteiger partial charge in [0.2, 0.25) is 11.9 Å². The van der Waals surface area contributed by atoms with Crippen LogP contribution in [0.25, 0.3) is 22.3 Å². The average Bonchev–Trinajstić information content (AvgIpc) is 3.22. The smallest absolute Gasteiger partial charge is 0.280 e. The van der Waals surface area contributed by atoms with Crippen molar-refractivity contribution in [3.63, 3.8) is 0 Å². The lowest BCUT2D eigenvalue weighted by molar-refractivity contribution is -0.000303. The van der Waals surface area contributed by atoms with Crippen molar-refractivity contribution in [2.45, 2.75) is 13.5 Å². The van der Waals surface area contributed by atoms with Gasteiger partial charge in [0.15, 0.2) is 22.3 Å². The van der Waals surface area contributed by atoms with Crippen LogP contribution >= 0.6 is 0 Å². The lowest BCUT2D eigenvalue weighted by atomic mass is 10.5. The van der Waals surface area contributed by atoms with Gasteiger partial charge >= 0.3 is 0 Å². The van der Waals surface area contributed by atoms with Crippen LogP contribution in [0, 0.1) is 0 Å². The lowest BCUT2D eigenvalue weighted by Gasteiger charge is -2.08. The SMILES string of the molecule is Nc1nc2c(ncn2COCCOCn2cnc3c(=O)[nH]c(N)nc32)c(=O)[nH]1. The summed E-state index contributed by atoms with van der Waals surface area (Å²) < 4.78 is 14.1. The van der Waals surface area contributed by atoms with Gasteiger partial charge in [0.05, 0.1) is 25.9 Å². The number of hydrogen-bond donors (Lipinski definition) is 4. The summed E-state index contributed by atoms with van der Waals surface area (Å²) in [5.74, 6) is 0.00597. The number of imidazole rings is 2. The molecule has 6 N–H and O–H groups in total. The van der Waals surface area contributed by atoms with E-state index in [1.54, 1.807) is 9.13 Å². The summed E-state index contributed by atoms with van der Waals surface area (Å²) in [4.78, 5) is 44.3. The van der Waals surface area contributed by atoms with E-state index in [9.17, 15) is 9.59 Å². The van der Waals surface area contributed by atoms with Gasteiger partial charge in [-0.2, -0.15) is 9.97 Å². The first-order valence-corrected chi connectivity index (χ1v) is 8.09. The fourth-order valence-corrected chi connectivity index (χ4v) is 2.57. The Kier molecular flexibility index (Phi) is 4.46. The molecule has 4 heterocycles. The predicted molar refractivity (Wildman–Crippen MR) is 97.0 cm³/mol. The first kappa shape index (κ1) is 17.6. The Morgan fingerprint density at radius 1 is 0.821 bits per heavy atom. The molecule has 4 aromatic rings. The van der Waals surface area contributed by atoms with Crippen molar-refractivity contribution >= 4 is 34.2 Å². The molecular formula is C14H16N10O4. The van der Waals surface area contributed by atoms with Crippen molar-refractivity contribution in [1.29, 1.82) is 0 Å². The van der Waals surface area contributed by atoms with Crippen molar-refractivity contribution in [2.75, 3.05) is 24.7 Å². The topological polar surface area (TPSA) is 198 Å². The highest BCUT2D eigenvalue weighted by Crippen LogP contribution is 2.07. The molecule has 14 nitrogen and oxygen atoms in total. The Morgan fingerprint density at radius 2 is 1.25 bits per heavy atom. The molecule has 0 bridgehead atoms. The fraction of sp³-hybridized carbons (Fsp3) is 0.286. The highest BCUT2D eigenvalue weighted by atomic mass is 16.5. The van der Waals surface area contributed by atoms with Crippen molar-refractivity contribution in [2.24, 2.45) is 0 Å². The van der Waals surface area contributed by atoms with Gasteiger partial charge in [-0.05, 0) is 0 Å². The number of hydrogen-bond acceptors (Lipinski definition) is 10. The van der Waals surface area contributed by atoms with Crippen LogP contribution in [0.15, 0.2) is 22.2 Å². The van der Waals surface area contributed by atoms with Crippen molar-refractivity contribution in [3.8, 4) is 0 Å². The van der Waals surface area contributed by atoms with Gasteiger partial charge in [-0.1, -0.05) is 0 Å². The molecule has 0 radical (unpaired) electrons. The van der Waals surface area contributed by atoms with E-state index in [0.717, 1.165) is 0 Å². The number of H-pyrrole nitrogens is 2. The number of nitrogens with zero attached hydrogens (tertiary/aromatic N) is 6. The summed E-state index contributed by atoms with van der Waals surface area (Å²) in [5, 5.41) is 0. The number of rotatable bonds is 7. The maximum Gasteiger partial charge on any atom is 0.280 e. The van der Waals surface area contributed by atoms with Crippen LogP contribution < -0.4 is 22.6 Å². The molecule has 0 aliphatic heterocycles. The van der Waals surface area contributed by atoms with E-state index in [1.165, 1.54) is 12.7 Å². The summed E-state index contributed by atoms with van der Waals surface area (Å²) in [6.07, 6.45) is 2.89. The van der Waals surface area contributed by atoms with Gasteiger partial charge in [0, 0.05) is 0 Å². The maximum absolute atomic E-state index is 11.7. The maximum atomic E-state index is 11.7. The van der Waals surface area contributed by atoms with Gasteiger partial charge < -0.3 is 20.9 Å². The van der Waals surface area contributed by atoms with E-state index < -0.39 is 11.1 Å². The number of nitrogens with two attached hydrogens (primary N) is 2. The van der Waals surface area contributed by atoms with E-state index in [1.807, 2.05) is 0 Å². The number of fused-ring (bicyclic) bond motifs is 2. The average molecular weight is 388 g/mol. The fourth-order valence-electron chi connectivity index (χ4n) is 2.57. The molecule has 0 unspecified atom stereocenters. The molecule has 0 fully saturated rings. The van der Waals surface area contributed by atoms with Crippen molar-refractivity contribution in [3.05, 3.63) is 33.4 Å². The number of nitrogens with one attached hydrogen (secondary N) is 2. The monoisotopic (exact) mass is 388 g/mol. The van der Waals surface area contributed by atoms with Crippen LogP contribution in [0.5, 0.6) is 0 Å². The van der Waals surface area contributed by atoms with E-state index in [4.69, 9.17) is 20.9 Å². The molecule has 28 heavy (non-hydrogen) atoms. The van der Waals surface area contributed by atoms with Crippen LogP contribution in [0.3, 0.4) is 0 Å². The van der Waals surface area contributed by atoms with Crippen LogP contribution in [0.2, 0.25) is 0 Å². The Labute approximate surface area is 155 Å². The van der Waals surface area contributed by atoms with Crippen LogP contribution in [-0.2, 0) is 22.9 Å². The molecule has 0 saturated heterocycles. The molecule has 14 heteroatoms. The highest BCUT2D eigenvalue weighted by Gasteiger charge is 2.10. The number of nitrogen functional groups attached to an aromatic ring is 2. The third-order valence-corrected chi connectivity index (χ3v) is 3.82. The largest absolute Gasteiger partial charge is 0.369 e. The number of aromatic nitrogens is 8. The van der Waals surface area contributed by atoms with E-state index in [-0.39, 0.29) is 49.6 Å². The Morgan fingerprint density at radius 3 is 1.68 bits per heavy atom. The van der Waals surface area contributed by atoms with Gasteiger partial charge in [-0.3, -0.25) is 28.7 Å². The summed E-state index contributed by atoms with van der Waals surface area (Å²) in [6.45, 7) is 0.775. The van der Waals surface area contributed by atoms with Crippen LogP contribution in [0.4, 0.5) is 11.9 Å². The van der Waals surface area contributed by atoms with Gasteiger partial charge in [0.1, 0.15) is 13.5 Å². The molecule has 0 atom stereocenters. The molecule has 0 aliphatic carbocycles. The second-order valence-electron chi connectivity index (χ2n) is 5.75. The summed E-state index contributed by atoms with van der Waals surface area (Å²) in [6, 6.07) is 0. The third-order valence-electron chi connectivity index (χ3n) is 3.82. The molecule has 0 amide bonds. The van der Waals surface area contributed by atoms with E-state index in [2.05, 4.69) is 29.9 Å². The van der Waals surface area contributed by atoms with E-state index >= 15 is 0 Å². The summed E-state index contributed by atoms with van der Waals surface area (Å²) in [5.41, 5.74) is 11.3. The quantitative estimate of drug-likeness (QED) is 0.266. The van der Waals surface area contributed by atoms with E-state index in [0.29, 0.717) is 11.3 Å². The lowest BCUT2D eigenvalue weighted by Crippen LogP contribution is -2.14. The summed E-state index contributed by atoms with van der Waals surface area (Å²) >= 11 is 0. The second-order valence-corrected chi connectivity index (χ2v) is 5.75. The minimum absolute atomic E-state index is 0.00299. The van der Waals surface area contributed by atoms with Gasteiger partial charge in [-0.15, -0.1) is 0 Å². The minimum Gasteiger partial charge on any atom is -0.369 e. The van der Waals surface area contributed by atoms with Gasteiger partial charge in [-0.25, -0.2) is 9.97 Å². The van der Waals surface area contributed by atoms with Crippen LogP contribution in [0.1, 0.15) is 0 Å². The second kappa shape index (κ2) is 7.09. The Hall–Kier alpha value is -3.78. The highest BCUT2D eigenvalue weighted by molar-refractivity contribution is 5.71. The third kappa shape index (κ3) is 3.28. The molecule has 4 rings (SSSR count). The molecule has 0 spiro atoms. The molecule has 0 aliphatic rings. The Bertz CT molecular complexity index is 1150. The first-order chi connectivity index (χ1) is 13.5. The normalized spacial score (nSPS) is 11.6. The number of ether oxygens (including phenoxy) is 2. The number of anilines is 2. The zero-order chi connectivity index (χ0) is 19.7. The first-order valence-electron chi connectivity index (χ1n) is 8.09.